The number of hydrogen-bond acceptors (Lipinski definition) is 3. The number of amides is 1. The van der Waals surface area contributed by atoms with E-state index in [0.29, 0.717) is 12.1 Å². The average molecular weight is 305 g/mol. The first-order chi connectivity index (χ1) is 10.6. The van der Waals surface area contributed by atoms with Gasteiger partial charge in [0, 0.05) is 44.4 Å². The van der Waals surface area contributed by atoms with E-state index >= 15 is 0 Å². The van der Waals surface area contributed by atoms with Crippen LogP contribution in [0.25, 0.3) is 6.08 Å². The number of carbonyl (C=O) groups excluding carboxylic acids is 1. The molecule has 0 atom stereocenters. The molecule has 1 saturated heterocycles. The van der Waals surface area contributed by atoms with Gasteiger partial charge in [0.2, 0.25) is 5.91 Å². The third-order valence-electron chi connectivity index (χ3n) is 3.87. The van der Waals surface area contributed by atoms with Crippen LogP contribution in [-0.4, -0.2) is 62.0 Å². The first-order valence-electron chi connectivity index (χ1n) is 7.76. The van der Waals surface area contributed by atoms with E-state index in [2.05, 4.69) is 22.2 Å². The summed E-state index contributed by atoms with van der Waals surface area (Å²) in [6, 6.07) is 6.40. The predicted molar refractivity (Wildman–Crippen MR) is 87.0 cm³/mol. The fourth-order valence-corrected chi connectivity index (χ4v) is 2.42. The van der Waals surface area contributed by atoms with Crippen molar-refractivity contribution in [1.82, 2.24) is 15.1 Å². The summed E-state index contributed by atoms with van der Waals surface area (Å²) in [5, 5.41) is 2.84. The van der Waals surface area contributed by atoms with Gasteiger partial charge in [-0.05, 0) is 32.2 Å². The van der Waals surface area contributed by atoms with Crippen molar-refractivity contribution in [1.29, 1.82) is 0 Å². The normalized spacial score (nSPS) is 17.0. The highest BCUT2D eigenvalue weighted by atomic mass is 19.1. The molecule has 4 nitrogen and oxygen atoms in total. The topological polar surface area (TPSA) is 35.6 Å². The predicted octanol–water partition coefficient (Wildman–Crippen LogP) is 1.59. The van der Waals surface area contributed by atoms with Crippen LogP contribution in [0.15, 0.2) is 30.3 Å². The van der Waals surface area contributed by atoms with Gasteiger partial charge in [-0.15, -0.1) is 0 Å². The Kier molecular flexibility index (Phi) is 6.55. The minimum atomic E-state index is -0.318. The zero-order valence-electron chi connectivity index (χ0n) is 13.1. The summed E-state index contributed by atoms with van der Waals surface area (Å²) in [4.78, 5) is 16.4. The summed E-state index contributed by atoms with van der Waals surface area (Å²) in [5.74, 6) is -0.497. The van der Waals surface area contributed by atoms with Crippen molar-refractivity contribution in [3.05, 3.63) is 41.7 Å². The molecule has 1 aromatic carbocycles. The van der Waals surface area contributed by atoms with Crippen molar-refractivity contribution in [3.63, 3.8) is 0 Å². The Morgan fingerprint density at radius 2 is 2.00 bits per heavy atom. The maximum atomic E-state index is 13.4. The van der Waals surface area contributed by atoms with Gasteiger partial charge in [-0.25, -0.2) is 4.39 Å². The standard InChI is InChI=1S/C17H24FN3O/c1-20-11-13-21(14-12-20)10-4-9-19-17(22)8-7-15-5-2-3-6-16(15)18/h2-3,5-8H,4,9-14H2,1H3,(H,19,22)/b8-7+. The van der Waals surface area contributed by atoms with Gasteiger partial charge in [-0.2, -0.15) is 0 Å². The van der Waals surface area contributed by atoms with Crippen LogP contribution in [0, 0.1) is 5.82 Å². The molecule has 0 unspecified atom stereocenters. The lowest BCUT2D eigenvalue weighted by atomic mass is 10.2. The summed E-state index contributed by atoms with van der Waals surface area (Å²) in [5.41, 5.74) is 0.426. The first kappa shape index (κ1) is 16.6. The molecule has 0 aliphatic carbocycles. The van der Waals surface area contributed by atoms with E-state index in [4.69, 9.17) is 0 Å². The fraction of sp³-hybridized carbons (Fsp3) is 0.471. The molecule has 1 amide bonds. The van der Waals surface area contributed by atoms with E-state index in [1.54, 1.807) is 18.2 Å². The van der Waals surface area contributed by atoms with E-state index in [9.17, 15) is 9.18 Å². The summed E-state index contributed by atoms with van der Waals surface area (Å²) in [7, 11) is 2.14. The average Bonchev–Trinajstić information content (AvgIpc) is 2.52. The van der Waals surface area contributed by atoms with Crippen LogP contribution in [0.5, 0.6) is 0 Å². The second-order valence-electron chi connectivity index (χ2n) is 5.64. The van der Waals surface area contributed by atoms with Crippen molar-refractivity contribution in [2.45, 2.75) is 6.42 Å². The zero-order valence-corrected chi connectivity index (χ0v) is 13.1. The number of rotatable bonds is 6. The number of hydrogen-bond donors (Lipinski definition) is 1. The van der Waals surface area contributed by atoms with Gasteiger partial charge in [0.25, 0.3) is 0 Å². The van der Waals surface area contributed by atoms with Gasteiger partial charge >= 0.3 is 0 Å². The van der Waals surface area contributed by atoms with Gasteiger partial charge < -0.3 is 15.1 Å². The maximum Gasteiger partial charge on any atom is 0.244 e. The van der Waals surface area contributed by atoms with E-state index in [1.807, 2.05) is 0 Å². The third-order valence-corrected chi connectivity index (χ3v) is 3.87. The van der Waals surface area contributed by atoms with Crippen molar-refractivity contribution < 1.29 is 9.18 Å². The van der Waals surface area contributed by atoms with Crippen LogP contribution in [-0.2, 0) is 4.79 Å². The van der Waals surface area contributed by atoms with Crippen LogP contribution in [0.1, 0.15) is 12.0 Å². The molecule has 120 valence electrons. The number of halogens is 1. The van der Waals surface area contributed by atoms with Gasteiger partial charge in [0.05, 0.1) is 0 Å². The summed E-state index contributed by atoms with van der Waals surface area (Å²) < 4.78 is 13.4. The monoisotopic (exact) mass is 305 g/mol. The van der Waals surface area contributed by atoms with E-state index in [-0.39, 0.29) is 11.7 Å². The summed E-state index contributed by atoms with van der Waals surface area (Å²) >= 11 is 0. The molecule has 0 saturated carbocycles. The lowest BCUT2D eigenvalue weighted by molar-refractivity contribution is -0.116. The van der Waals surface area contributed by atoms with Crippen molar-refractivity contribution in [2.24, 2.45) is 0 Å². The highest BCUT2D eigenvalue weighted by Crippen LogP contribution is 2.07. The molecule has 0 radical (unpaired) electrons. The number of likely N-dealkylation sites (N-methyl/N-ethyl adjacent to an activating group) is 1. The van der Waals surface area contributed by atoms with Crippen molar-refractivity contribution in [3.8, 4) is 0 Å². The Morgan fingerprint density at radius 3 is 2.73 bits per heavy atom. The minimum Gasteiger partial charge on any atom is -0.353 e. The van der Waals surface area contributed by atoms with E-state index in [1.165, 1.54) is 18.2 Å². The third kappa shape index (κ3) is 5.58. The van der Waals surface area contributed by atoms with Crippen LogP contribution in [0.4, 0.5) is 4.39 Å². The van der Waals surface area contributed by atoms with Gasteiger partial charge in [0.15, 0.2) is 0 Å². The largest absolute Gasteiger partial charge is 0.353 e. The quantitative estimate of drug-likeness (QED) is 0.640. The summed E-state index contributed by atoms with van der Waals surface area (Å²) in [6.07, 6.45) is 3.82. The van der Waals surface area contributed by atoms with Crippen molar-refractivity contribution in [2.75, 3.05) is 46.3 Å². The number of benzene rings is 1. The Balaban J connectivity index is 1.63. The van der Waals surface area contributed by atoms with E-state index < -0.39 is 0 Å². The molecule has 1 fully saturated rings. The number of piperazine rings is 1. The van der Waals surface area contributed by atoms with Crippen LogP contribution < -0.4 is 5.32 Å². The lowest BCUT2D eigenvalue weighted by Crippen LogP contribution is -2.45. The molecule has 1 aromatic rings. The second kappa shape index (κ2) is 8.66. The molecule has 22 heavy (non-hydrogen) atoms. The smallest absolute Gasteiger partial charge is 0.244 e. The molecule has 1 heterocycles. The minimum absolute atomic E-state index is 0.179. The Bertz CT molecular complexity index is 510. The molecular formula is C17H24FN3O. The number of carbonyl (C=O) groups is 1. The molecule has 2 rings (SSSR count). The maximum absolute atomic E-state index is 13.4. The Hall–Kier alpha value is -1.72. The van der Waals surface area contributed by atoms with Gasteiger partial charge in [-0.3, -0.25) is 4.79 Å². The van der Waals surface area contributed by atoms with Crippen LogP contribution in [0.2, 0.25) is 0 Å². The highest BCUT2D eigenvalue weighted by molar-refractivity contribution is 5.91. The first-order valence-corrected chi connectivity index (χ1v) is 7.76. The van der Waals surface area contributed by atoms with Crippen molar-refractivity contribution >= 4 is 12.0 Å². The van der Waals surface area contributed by atoms with E-state index in [0.717, 1.165) is 39.1 Å². The van der Waals surface area contributed by atoms with Gasteiger partial charge in [0.1, 0.15) is 5.82 Å². The second-order valence-corrected chi connectivity index (χ2v) is 5.64. The lowest BCUT2D eigenvalue weighted by Gasteiger charge is -2.32. The highest BCUT2D eigenvalue weighted by Gasteiger charge is 2.12. The zero-order chi connectivity index (χ0) is 15.8. The molecule has 0 aromatic heterocycles. The fourth-order valence-electron chi connectivity index (χ4n) is 2.42. The van der Waals surface area contributed by atoms with Crippen LogP contribution >= 0.6 is 0 Å². The molecule has 1 N–H and O–H groups in total. The molecule has 1 aliphatic rings. The molecular weight excluding hydrogens is 281 g/mol. The molecule has 0 spiro atoms. The Morgan fingerprint density at radius 1 is 1.27 bits per heavy atom. The summed E-state index contributed by atoms with van der Waals surface area (Å²) in [6.45, 7) is 6.06. The number of nitrogens with zero attached hydrogens (tertiary/aromatic N) is 2. The van der Waals surface area contributed by atoms with Gasteiger partial charge in [-0.1, -0.05) is 18.2 Å². The van der Waals surface area contributed by atoms with Crippen LogP contribution in [0.3, 0.4) is 0 Å². The number of nitrogens with one attached hydrogen (secondary N) is 1. The molecule has 1 aliphatic heterocycles. The SMILES string of the molecule is CN1CCN(CCCNC(=O)/C=C/c2ccccc2F)CC1. The molecule has 0 bridgehead atoms. The molecule has 5 heteroatoms. The Labute approximate surface area is 131 Å².